The van der Waals surface area contributed by atoms with Gasteiger partial charge in [0.25, 0.3) is 5.91 Å². The minimum absolute atomic E-state index is 0.136. The van der Waals surface area contributed by atoms with E-state index >= 15 is 0 Å². The quantitative estimate of drug-likeness (QED) is 0.128. The minimum atomic E-state index is -1.10. The molecule has 11 heteroatoms. The van der Waals surface area contributed by atoms with Gasteiger partial charge in [0, 0.05) is 24.2 Å². The molecule has 4 aromatic carbocycles. The molecule has 3 amide bonds. The van der Waals surface area contributed by atoms with Gasteiger partial charge in [-0.25, -0.2) is 0 Å². The molecule has 4 aromatic rings. The number of para-hydroxylation sites is 1. The molecule has 1 aliphatic carbocycles. The molecular weight excluding hydrogens is 716 g/mol. The van der Waals surface area contributed by atoms with Crippen LogP contribution in [0.25, 0.3) is 0 Å². The lowest BCUT2D eigenvalue weighted by Gasteiger charge is -2.33. The second-order valence-electron chi connectivity index (χ2n) is 14.6. The van der Waals surface area contributed by atoms with Crippen LogP contribution in [0, 0.1) is 5.41 Å². The first-order chi connectivity index (χ1) is 26.5. The van der Waals surface area contributed by atoms with E-state index in [2.05, 4.69) is 10.6 Å². The maximum atomic E-state index is 14.3. The van der Waals surface area contributed by atoms with E-state index in [1.165, 1.54) is 13.8 Å². The zero-order valence-electron chi connectivity index (χ0n) is 31.3. The number of halogens is 1. The van der Waals surface area contributed by atoms with E-state index in [9.17, 15) is 24.3 Å². The molecular formula is C44H49ClN4O6. The summed E-state index contributed by atoms with van der Waals surface area (Å²) in [5.41, 5.74) is 2.60. The number of aliphatic hydroxyl groups excluding tert-OH is 1. The molecule has 1 saturated heterocycles. The molecule has 1 aliphatic heterocycles. The molecule has 0 aromatic heterocycles. The van der Waals surface area contributed by atoms with Gasteiger partial charge < -0.3 is 30.3 Å². The number of Topliss-reactive ketones (excluding diaryl/α,β-unsaturated/α-hetero) is 1. The van der Waals surface area contributed by atoms with E-state index in [-0.39, 0.29) is 36.5 Å². The van der Waals surface area contributed by atoms with Crippen LogP contribution in [0.3, 0.4) is 0 Å². The summed E-state index contributed by atoms with van der Waals surface area (Å²) in [6.45, 7) is 3.12. The largest absolute Gasteiger partial charge is 0.484 e. The Hall–Kier alpha value is -5.19. The molecule has 0 spiro atoms. The third kappa shape index (κ3) is 9.55. The van der Waals surface area contributed by atoms with E-state index in [4.69, 9.17) is 16.3 Å². The highest BCUT2D eigenvalue weighted by Gasteiger charge is 2.49. The van der Waals surface area contributed by atoms with Crippen LogP contribution in [0.4, 0.5) is 5.69 Å². The molecule has 10 nitrogen and oxygen atoms in total. The van der Waals surface area contributed by atoms with Crippen molar-refractivity contribution < 1.29 is 29.0 Å². The first-order valence-corrected chi connectivity index (χ1v) is 19.3. The van der Waals surface area contributed by atoms with Crippen molar-refractivity contribution in [1.82, 2.24) is 15.5 Å². The van der Waals surface area contributed by atoms with E-state index in [0.717, 1.165) is 29.5 Å². The molecule has 6 rings (SSSR count). The standard InChI is InChI=1S/C44H49ClN4O6/c1-30(50)38(47-43(54)44(23-9-10-24-44)25-26-46-31(2)51)27-33-15-21-36(22-16-33)48-41(34-17-19-35(45)20-18-34)49(40(52)29-55-37-13-7-4-8-14-37)39(42(48)53)28-32-11-5-3-6-12-32/h3-8,11-22,38-39,41-42,53H,9-10,23-29H2,1-2H3,(H,46,51)(H,47,54). The molecule has 1 heterocycles. The van der Waals surface area contributed by atoms with Gasteiger partial charge >= 0.3 is 0 Å². The van der Waals surface area contributed by atoms with Crippen LogP contribution in [0.15, 0.2) is 109 Å². The van der Waals surface area contributed by atoms with Crippen LogP contribution >= 0.6 is 11.6 Å². The fourth-order valence-corrected chi connectivity index (χ4v) is 8.05. The maximum absolute atomic E-state index is 14.3. The van der Waals surface area contributed by atoms with Crippen molar-refractivity contribution in [3.05, 3.63) is 131 Å². The number of amides is 3. The SMILES string of the molecule is CC(=O)NCCC1(C(=O)NC(Cc2ccc(N3C(O)C(Cc4ccccc4)N(C(=O)COc4ccccc4)C3c3ccc(Cl)cc3)cc2)C(C)=O)CCCC1. The lowest BCUT2D eigenvalue weighted by molar-refractivity contribution is -0.137. The van der Waals surface area contributed by atoms with Gasteiger partial charge in [-0.3, -0.25) is 19.2 Å². The Bertz CT molecular complexity index is 1920. The van der Waals surface area contributed by atoms with Gasteiger partial charge in [-0.2, -0.15) is 0 Å². The smallest absolute Gasteiger partial charge is 0.262 e. The molecule has 0 radical (unpaired) electrons. The molecule has 55 heavy (non-hydrogen) atoms. The van der Waals surface area contributed by atoms with Crippen LogP contribution in [-0.4, -0.2) is 65.0 Å². The summed E-state index contributed by atoms with van der Waals surface area (Å²) in [6.07, 6.45) is 2.67. The number of nitrogens with zero attached hydrogens (tertiary/aromatic N) is 2. The maximum Gasteiger partial charge on any atom is 0.262 e. The molecule has 288 valence electrons. The number of rotatable bonds is 15. The fourth-order valence-electron chi connectivity index (χ4n) is 7.92. The second-order valence-corrected chi connectivity index (χ2v) is 15.1. The number of hydrogen-bond donors (Lipinski definition) is 3. The zero-order chi connectivity index (χ0) is 39.0. The summed E-state index contributed by atoms with van der Waals surface area (Å²) >= 11 is 6.31. The third-order valence-electron chi connectivity index (χ3n) is 10.9. The fraction of sp³-hybridized carbons (Fsp3) is 0.364. The minimum Gasteiger partial charge on any atom is -0.484 e. The van der Waals surface area contributed by atoms with Crippen LogP contribution in [0.2, 0.25) is 5.02 Å². The third-order valence-corrected chi connectivity index (χ3v) is 11.1. The van der Waals surface area contributed by atoms with Crippen molar-refractivity contribution in [2.75, 3.05) is 18.1 Å². The van der Waals surface area contributed by atoms with Crippen LogP contribution in [0.5, 0.6) is 5.75 Å². The molecule has 4 atom stereocenters. The van der Waals surface area contributed by atoms with Crippen molar-refractivity contribution in [2.45, 2.75) is 83.3 Å². The number of ketones is 1. The average molecular weight is 765 g/mol. The van der Waals surface area contributed by atoms with Gasteiger partial charge in [0.1, 0.15) is 18.1 Å². The number of benzene rings is 4. The summed E-state index contributed by atoms with van der Waals surface area (Å²) < 4.78 is 5.94. The first-order valence-electron chi connectivity index (χ1n) is 18.9. The van der Waals surface area contributed by atoms with Crippen molar-refractivity contribution >= 4 is 40.8 Å². The predicted octanol–water partition coefficient (Wildman–Crippen LogP) is 6.40. The van der Waals surface area contributed by atoms with E-state index in [1.54, 1.807) is 29.2 Å². The molecule has 2 fully saturated rings. The summed E-state index contributed by atoms with van der Waals surface area (Å²) in [5, 5.41) is 18.6. The highest BCUT2D eigenvalue weighted by atomic mass is 35.5. The molecule has 4 unspecified atom stereocenters. The number of anilines is 1. The van der Waals surface area contributed by atoms with Gasteiger partial charge in [0.2, 0.25) is 11.8 Å². The Labute approximate surface area is 327 Å². The van der Waals surface area contributed by atoms with Gasteiger partial charge in [-0.1, -0.05) is 97.2 Å². The topological polar surface area (TPSA) is 128 Å². The predicted molar refractivity (Wildman–Crippen MR) is 212 cm³/mol. The second kappa shape index (κ2) is 18.0. The zero-order valence-corrected chi connectivity index (χ0v) is 32.1. The van der Waals surface area contributed by atoms with E-state index in [0.29, 0.717) is 48.7 Å². The molecule has 2 aliphatic rings. The van der Waals surface area contributed by atoms with E-state index in [1.807, 2.05) is 89.8 Å². The number of ether oxygens (including phenoxy) is 1. The Morgan fingerprint density at radius 3 is 2.11 bits per heavy atom. The Morgan fingerprint density at radius 2 is 1.49 bits per heavy atom. The lowest BCUT2D eigenvalue weighted by Crippen LogP contribution is -2.49. The molecule has 3 N–H and O–H groups in total. The van der Waals surface area contributed by atoms with Crippen LogP contribution in [-0.2, 0) is 32.0 Å². The van der Waals surface area contributed by atoms with Gasteiger partial charge in [-0.15, -0.1) is 0 Å². The summed E-state index contributed by atoms with van der Waals surface area (Å²) in [7, 11) is 0. The summed E-state index contributed by atoms with van der Waals surface area (Å²) in [5.74, 6) is -0.165. The van der Waals surface area contributed by atoms with E-state index < -0.39 is 29.9 Å². The van der Waals surface area contributed by atoms with Crippen molar-refractivity contribution in [2.24, 2.45) is 5.41 Å². The Kier molecular flexibility index (Phi) is 12.9. The van der Waals surface area contributed by atoms with Crippen molar-refractivity contribution in [3.8, 4) is 5.75 Å². The number of nitrogens with one attached hydrogen (secondary N) is 2. The summed E-state index contributed by atoms with van der Waals surface area (Å²) in [4.78, 5) is 56.0. The number of carbonyl (C=O) groups excluding carboxylic acids is 4. The summed E-state index contributed by atoms with van der Waals surface area (Å²) in [6, 6.07) is 32.3. The lowest BCUT2D eigenvalue weighted by atomic mass is 9.81. The van der Waals surface area contributed by atoms with Crippen LogP contribution in [0.1, 0.15) is 68.8 Å². The highest BCUT2D eigenvalue weighted by molar-refractivity contribution is 6.30. The number of hydrogen-bond acceptors (Lipinski definition) is 7. The monoisotopic (exact) mass is 764 g/mol. The van der Waals surface area contributed by atoms with Gasteiger partial charge in [-0.05, 0) is 92.1 Å². The molecule has 0 bridgehead atoms. The van der Waals surface area contributed by atoms with Crippen molar-refractivity contribution in [1.29, 1.82) is 0 Å². The van der Waals surface area contributed by atoms with Crippen LogP contribution < -0.4 is 20.3 Å². The van der Waals surface area contributed by atoms with Gasteiger partial charge in [0.15, 0.2) is 12.4 Å². The average Bonchev–Trinajstić information content (AvgIpc) is 3.78. The normalized spacial score (nSPS) is 19.5. The Balaban J connectivity index is 1.27. The van der Waals surface area contributed by atoms with Crippen molar-refractivity contribution in [3.63, 3.8) is 0 Å². The number of aliphatic hydroxyl groups is 1. The molecule has 1 saturated carbocycles. The highest BCUT2D eigenvalue weighted by Crippen LogP contribution is 2.43. The Morgan fingerprint density at radius 1 is 0.855 bits per heavy atom. The number of carbonyl (C=O) groups is 4. The first kappa shape index (κ1) is 39.5. The van der Waals surface area contributed by atoms with Gasteiger partial charge in [0.05, 0.1) is 17.5 Å².